The van der Waals surface area contributed by atoms with E-state index in [1.54, 1.807) is 18.3 Å². The highest BCUT2D eigenvalue weighted by Gasteiger charge is 2.31. The third-order valence-corrected chi connectivity index (χ3v) is 4.73. The first kappa shape index (κ1) is 20.7. The Labute approximate surface area is 174 Å². The van der Waals surface area contributed by atoms with E-state index < -0.39 is 18.4 Å². The van der Waals surface area contributed by atoms with Crippen molar-refractivity contribution in [3.63, 3.8) is 0 Å². The molecule has 1 saturated heterocycles. The molecule has 0 bridgehead atoms. The lowest BCUT2D eigenvalue weighted by Crippen LogP contribution is -2.23. The number of H-pyrrole nitrogens is 1. The average molecular weight is 433 g/mol. The van der Waals surface area contributed by atoms with Crippen LogP contribution < -0.4 is 15.0 Å². The van der Waals surface area contributed by atoms with Gasteiger partial charge in [0.15, 0.2) is 0 Å². The number of ether oxygens (including phenoxy) is 1. The van der Waals surface area contributed by atoms with Gasteiger partial charge in [0.1, 0.15) is 11.6 Å². The van der Waals surface area contributed by atoms with Crippen LogP contribution in [0.2, 0.25) is 0 Å². The lowest BCUT2D eigenvalue weighted by molar-refractivity contribution is -0.274. The third kappa shape index (κ3) is 4.94. The highest BCUT2D eigenvalue weighted by molar-refractivity contribution is 6.05. The first-order valence-electron chi connectivity index (χ1n) is 9.38. The topological polar surface area (TPSA) is 103 Å². The number of rotatable bonds is 5. The van der Waals surface area contributed by atoms with Crippen LogP contribution in [0.4, 0.5) is 24.7 Å². The SMILES string of the molecule is O=C(Nc1ccc(OC(F)(F)F)cc1)c1cnc(N2CC[C@@H](O)C2)c(-c2ccn[nH]2)c1. The maximum atomic E-state index is 12.7. The number of alkyl halides is 3. The second-order valence-corrected chi connectivity index (χ2v) is 6.98. The number of aromatic amines is 1. The van der Waals surface area contributed by atoms with Gasteiger partial charge in [0.2, 0.25) is 0 Å². The molecule has 1 aromatic carbocycles. The maximum Gasteiger partial charge on any atom is 0.573 e. The number of aromatic nitrogens is 3. The predicted molar refractivity (Wildman–Crippen MR) is 106 cm³/mol. The van der Waals surface area contributed by atoms with Gasteiger partial charge < -0.3 is 20.1 Å². The van der Waals surface area contributed by atoms with Gasteiger partial charge in [-0.1, -0.05) is 0 Å². The number of halogens is 3. The van der Waals surface area contributed by atoms with Gasteiger partial charge in [0.25, 0.3) is 5.91 Å². The third-order valence-electron chi connectivity index (χ3n) is 4.73. The minimum atomic E-state index is -4.79. The van der Waals surface area contributed by atoms with Gasteiger partial charge >= 0.3 is 6.36 Å². The molecule has 0 spiro atoms. The number of carbonyl (C=O) groups is 1. The molecule has 3 heterocycles. The van der Waals surface area contributed by atoms with Crippen molar-refractivity contribution in [1.82, 2.24) is 15.2 Å². The number of pyridine rings is 1. The average Bonchev–Trinajstić information content (AvgIpc) is 3.40. The summed E-state index contributed by atoms with van der Waals surface area (Å²) in [6.45, 7) is 1.07. The summed E-state index contributed by atoms with van der Waals surface area (Å²) in [5, 5.41) is 19.3. The van der Waals surface area contributed by atoms with Crippen LogP contribution in [0.1, 0.15) is 16.8 Å². The highest BCUT2D eigenvalue weighted by atomic mass is 19.4. The van der Waals surface area contributed by atoms with Gasteiger partial charge in [0.05, 0.1) is 17.4 Å². The van der Waals surface area contributed by atoms with Gasteiger partial charge in [-0.3, -0.25) is 9.89 Å². The van der Waals surface area contributed by atoms with Gasteiger partial charge in [-0.05, 0) is 42.8 Å². The molecule has 8 nitrogen and oxygen atoms in total. The smallest absolute Gasteiger partial charge is 0.406 e. The zero-order valence-electron chi connectivity index (χ0n) is 16.1. The number of benzene rings is 1. The number of β-amino-alcohol motifs (C(OH)–C–C–N with tert-alkyl or cyclic N) is 1. The van der Waals surface area contributed by atoms with Crippen LogP contribution in [-0.2, 0) is 0 Å². The van der Waals surface area contributed by atoms with Crippen molar-refractivity contribution in [3.05, 3.63) is 54.4 Å². The van der Waals surface area contributed by atoms with Crippen LogP contribution in [-0.4, -0.2) is 51.8 Å². The number of hydrogen-bond donors (Lipinski definition) is 3. The van der Waals surface area contributed by atoms with Gasteiger partial charge in [0, 0.05) is 36.7 Å². The quantitative estimate of drug-likeness (QED) is 0.571. The summed E-state index contributed by atoms with van der Waals surface area (Å²) in [4.78, 5) is 19.1. The Kier molecular flexibility index (Phi) is 5.51. The molecule has 11 heteroatoms. The molecule has 31 heavy (non-hydrogen) atoms. The summed E-state index contributed by atoms with van der Waals surface area (Å²) in [5.41, 5.74) is 1.86. The van der Waals surface area contributed by atoms with Crippen molar-refractivity contribution in [2.75, 3.05) is 23.3 Å². The fourth-order valence-electron chi connectivity index (χ4n) is 3.32. The van der Waals surface area contributed by atoms with Crippen LogP contribution in [0.5, 0.6) is 5.75 Å². The molecule has 4 rings (SSSR count). The van der Waals surface area contributed by atoms with Crippen molar-refractivity contribution in [1.29, 1.82) is 0 Å². The van der Waals surface area contributed by atoms with E-state index in [9.17, 15) is 23.1 Å². The van der Waals surface area contributed by atoms with Crippen molar-refractivity contribution < 1.29 is 27.8 Å². The molecule has 1 atom stereocenters. The van der Waals surface area contributed by atoms with Crippen LogP contribution in [0.25, 0.3) is 11.3 Å². The van der Waals surface area contributed by atoms with Gasteiger partial charge in [-0.15, -0.1) is 13.2 Å². The molecule has 3 N–H and O–H groups in total. The number of nitrogens with one attached hydrogen (secondary N) is 2. The minimum absolute atomic E-state index is 0.253. The fraction of sp³-hybridized carbons (Fsp3) is 0.250. The molecule has 1 aliphatic heterocycles. The number of anilines is 2. The summed E-state index contributed by atoms with van der Waals surface area (Å²) in [6, 6.07) is 8.23. The Morgan fingerprint density at radius 3 is 2.65 bits per heavy atom. The highest BCUT2D eigenvalue weighted by Crippen LogP contribution is 2.31. The molecule has 1 fully saturated rings. The molecular formula is C20H18F3N5O3. The Balaban J connectivity index is 1.55. The molecule has 0 saturated carbocycles. The Morgan fingerprint density at radius 2 is 2.03 bits per heavy atom. The van der Waals surface area contributed by atoms with Crippen molar-refractivity contribution in [2.24, 2.45) is 0 Å². The molecule has 1 aliphatic rings. The van der Waals surface area contributed by atoms with Gasteiger partial charge in [-0.2, -0.15) is 5.10 Å². The first-order valence-corrected chi connectivity index (χ1v) is 9.38. The normalized spacial score (nSPS) is 16.4. The predicted octanol–water partition coefficient (Wildman–Crippen LogP) is 3.19. The molecule has 0 radical (unpaired) electrons. The van der Waals surface area contributed by atoms with E-state index in [2.05, 4.69) is 25.2 Å². The van der Waals surface area contributed by atoms with E-state index in [4.69, 9.17) is 0 Å². The second kappa shape index (κ2) is 8.26. The van der Waals surface area contributed by atoms with Crippen molar-refractivity contribution in [3.8, 4) is 17.0 Å². The second-order valence-electron chi connectivity index (χ2n) is 6.98. The minimum Gasteiger partial charge on any atom is -0.406 e. The lowest BCUT2D eigenvalue weighted by atomic mass is 10.1. The van der Waals surface area contributed by atoms with Crippen LogP contribution in [0.3, 0.4) is 0 Å². The molecular weight excluding hydrogens is 415 g/mol. The number of aliphatic hydroxyl groups excluding tert-OH is 1. The van der Waals surface area contributed by atoms with Crippen LogP contribution in [0, 0.1) is 0 Å². The van der Waals surface area contributed by atoms with Crippen molar-refractivity contribution in [2.45, 2.75) is 18.9 Å². The summed E-state index contributed by atoms with van der Waals surface area (Å²) in [7, 11) is 0. The molecule has 0 aliphatic carbocycles. The van der Waals surface area contributed by atoms with Crippen LogP contribution in [0.15, 0.2) is 48.8 Å². The summed E-state index contributed by atoms with van der Waals surface area (Å²) in [5.74, 6) is -0.248. The fourth-order valence-corrected chi connectivity index (χ4v) is 3.32. The van der Waals surface area contributed by atoms with Crippen LogP contribution >= 0.6 is 0 Å². The number of aliphatic hydroxyl groups is 1. The summed E-state index contributed by atoms with van der Waals surface area (Å²) in [6.07, 6.45) is -1.61. The van der Waals surface area contributed by atoms with E-state index in [1.165, 1.54) is 18.3 Å². The number of carbonyl (C=O) groups excluding carboxylic acids is 1. The first-order chi connectivity index (χ1) is 14.8. The molecule has 2 aromatic heterocycles. The monoisotopic (exact) mass is 433 g/mol. The van der Waals surface area contributed by atoms with E-state index >= 15 is 0 Å². The summed E-state index contributed by atoms with van der Waals surface area (Å²) >= 11 is 0. The van der Waals surface area contributed by atoms with Crippen molar-refractivity contribution >= 4 is 17.4 Å². The maximum absolute atomic E-state index is 12.7. The van der Waals surface area contributed by atoms with E-state index in [-0.39, 0.29) is 11.3 Å². The van der Waals surface area contributed by atoms with E-state index in [1.807, 2.05) is 4.90 Å². The Hall–Kier alpha value is -3.60. The molecule has 0 unspecified atom stereocenters. The molecule has 1 amide bonds. The summed E-state index contributed by atoms with van der Waals surface area (Å²) < 4.78 is 40.6. The number of amides is 1. The number of nitrogens with zero attached hydrogens (tertiary/aromatic N) is 3. The van der Waals surface area contributed by atoms with E-state index in [0.717, 1.165) is 12.1 Å². The zero-order valence-corrected chi connectivity index (χ0v) is 16.1. The zero-order chi connectivity index (χ0) is 22.0. The standard InChI is InChI=1S/C20H18F3N5O3/c21-20(22,23)31-15-3-1-13(2-4-15)26-19(30)12-9-16(17-5-7-25-27-17)18(24-10-12)28-8-6-14(29)11-28/h1-5,7,9-10,14,29H,6,8,11H2,(H,25,27)(H,26,30)/t14-/m1/s1. The molecule has 3 aromatic rings. The van der Waals surface area contributed by atoms with Gasteiger partial charge in [-0.25, -0.2) is 4.98 Å². The number of hydrogen-bond acceptors (Lipinski definition) is 6. The Morgan fingerprint density at radius 1 is 1.26 bits per heavy atom. The largest absolute Gasteiger partial charge is 0.573 e. The Bertz CT molecular complexity index is 1050. The van der Waals surface area contributed by atoms with E-state index in [0.29, 0.717) is 42.3 Å². The molecule has 162 valence electrons. The lowest BCUT2D eigenvalue weighted by Gasteiger charge is -2.20.